The second kappa shape index (κ2) is 3.87. The predicted molar refractivity (Wildman–Crippen MR) is 67.4 cm³/mol. The standard InChI is InChI=1S/C16H12F2O/c17-15-13-9-5-1-2-6-10(9)14(16(18)19-15)12-8-4-3-7-11(12)13/h1-8,13-16H/t13?,14?,15-,16-/m0/s1. The van der Waals surface area contributed by atoms with Crippen LogP contribution in [0.3, 0.4) is 0 Å². The molecule has 0 spiro atoms. The molecule has 2 bridgehead atoms. The molecule has 3 aliphatic rings. The monoisotopic (exact) mass is 258 g/mol. The van der Waals surface area contributed by atoms with Gasteiger partial charge < -0.3 is 4.74 Å². The number of hydrogen-bond acceptors (Lipinski definition) is 1. The van der Waals surface area contributed by atoms with Crippen LogP contribution in [0.4, 0.5) is 8.78 Å². The summed E-state index contributed by atoms with van der Waals surface area (Å²) in [5.74, 6) is -1.05. The molecule has 19 heavy (non-hydrogen) atoms. The van der Waals surface area contributed by atoms with E-state index in [9.17, 15) is 8.78 Å². The smallest absolute Gasteiger partial charge is 0.212 e. The molecule has 0 N–H and O–H groups in total. The highest BCUT2D eigenvalue weighted by Crippen LogP contribution is 2.51. The molecule has 0 saturated carbocycles. The van der Waals surface area contributed by atoms with E-state index in [1.54, 1.807) is 0 Å². The Balaban J connectivity index is 2.07. The molecular weight excluding hydrogens is 246 g/mol. The minimum Gasteiger partial charge on any atom is -0.312 e. The molecule has 0 saturated heterocycles. The first-order chi connectivity index (χ1) is 9.27. The third kappa shape index (κ3) is 1.42. The fourth-order valence-corrected chi connectivity index (χ4v) is 3.34. The lowest BCUT2D eigenvalue weighted by Gasteiger charge is -2.29. The first-order valence-electron chi connectivity index (χ1n) is 6.38. The number of benzene rings is 2. The van der Waals surface area contributed by atoms with Crippen molar-refractivity contribution in [3.05, 3.63) is 70.8 Å². The fraction of sp³-hybridized carbons (Fsp3) is 0.250. The maximum absolute atomic E-state index is 14.3. The Morgan fingerprint density at radius 1 is 0.632 bits per heavy atom. The highest BCUT2D eigenvalue weighted by molar-refractivity contribution is 5.54. The zero-order valence-corrected chi connectivity index (χ0v) is 10.1. The van der Waals surface area contributed by atoms with Crippen molar-refractivity contribution in [2.24, 2.45) is 0 Å². The van der Waals surface area contributed by atoms with Gasteiger partial charge in [-0.25, -0.2) is 8.78 Å². The van der Waals surface area contributed by atoms with E-state index in [0.29, 0.717) is 0 Å². The SMILES string of the molecule is F[C@H]1O[C@H](F)C2c3ccccc3C1c1ccccc12. The van der Waals surface area contributed by atoms with E-state index in [0.717, 1.165) is 22.3 Å². The second-order valence-electron chi connectivity index (χ2n) is 5.05. The number of fused-ring (bicyclic) bond motifs is 2. The zero-order chi connectivity index (χ0) is 13.0. The van der Waals surface area contributed by atoms with E-state index in [4.69, 9.17) is 4.74 Å². The summed E-state index contributed by atoms with van der Waals surface area (Å²) in [4.78, 5) is 0. The van der Waals surface area contributed by atoms with Crippen LogP contribution in [0.15, 0.2) is 48.5 Å². The Kier molecular flexibility index (Phi) is 2.27. The van der Waals surface area contributed by atoms with E-state index in [1.165, 1.54) is 0 Å². The number of halogens is 2. The summed E-state index contributed by atoms with van der Waals surface area (Å²) in [6.45, 7) is 0. The number of rotatable bonds is 0. The van der Waals surface area contributed by atoms with Gasteiger partial charge in [-0.05, 0) is 22.3 Å². The number of hydrogen-bond donors (Lipinski definition) is 0. The van der Waals surface area contributed by atoms with Crippen LogP contribution in [0.5, 0.6) is 0 Å². The maximum atomic E-state index is 14.3. The molecule has 0 aromatic heterocycles. The molecule has 0 radical (unpaired) electrons. The predicted octanol–water partition coefficient (Wildman–Crippen LogP) is 3.89. The highest BCUT2D eigenvalue weighted by Gasteiger charge is 2.45. The molecule has 0 fully saturated rings. The van der Waals surface area contributed by atoms with Crippen LogP contribution >= 0.6 is 0 Å². The van der Waals surface area contributed by atoms with Gasteiger partial charge in [0.25, 0.3) is 0 Å². The van der Waals surface area contributed by atoms with Crippen molar-refractivity contribution >= 4 is 0 Å². The van der Waals surface area contributed by atoms with E-state index in [-0.39, 0.29) is 0 Å². The highest BCUT2D eigenvalue weighted by atomic mass is 19.2. The van der Waals surface area contributed by atoms with Crippen molar-refractivity contribution in [1.82, 2.24) is 0 Å². The van der Waals surface area contributed by atoms with Gasteiger partial charge in [0.15, 0.2) is 0 Å². The molecule has 1 nitrogen and oxygen atoms in total. The van der Waals surface area contributed by atoms with Gasteiger partial charge in [-0.3, -0.25) is 0 Å². The minimum absolute atomic E-state index is 0.524. The van der Waals surface area contributed by atoms with Gasteiger partial charge in [0, 0.05) is 0 Å². The third-order valence-corrected chi connectivity index (χ3v) is 4.12. The molecule has 2 aromatic rings. The summed E-state index contributed by atoms with van der Waals surface area (Å²) >= 11 is 0. The van der Waals surface area contributed by atoms with Crippen LogP contribution in [-0.4, -0.2) is 12.7 Å². The lowest BCUT2D eigenvalue weighted by atomic mass is 9.73. The van der Waals surface area contributed by atoms with Gasteiger partial charge >= 0.3 is 0 Å². The van der Waals surface area contributed by atoms with Gasteiger partial charge in [0.2, 0.25) is 12.7 Å². The van der Waals surface area contributed by atoms with Crippen molar-refractivity contribution in [2.75, 3.05) is 0 Å². The summed E-state index contributed by atoms with van der Waals surface area (Å²) in [5.41, 5.74) is 3.38. The molecular formula is C16H12F2O. The quantitative estimate of drug-likeness (QED) is 0.696. The summed E-state index contributed by atoms with van der Waals surface area (Å²) in [7, 11) is 0. The molecule has 1 aliphatic carbocycles. The fourth-order valence-electron chi connectivity index (χ4n) is 3.34. The van der Waals surface area contributed by atoms with Crippen LogP contribution < -0.4 is 0 Å². The van der Waals surface area contributed by atoms with Crippen LogP contribution in [0, 0.1) is 0 Å². The Labute approximate surface area is 109 Å². The molecule has 2 aliphatic heterocycles. The molecule has 5 rings (SSSR count). The summed E-state index contributed by atoms with van der Waals surface area (Å²) in [6.07, 6.45) is -3.27. The topological polar surface area (TPSA) is 9.23 Å². The molecule has 0 unspecified atom stereocenters. The Hall–Kier alpha value is -1.74. The van der Waals surface area contributed by atoms with Gasteiger partial charge in [-0.2, -0.15) is 0 Å². The first-order valence-corrected chi connectivity index (χ1v) is 6.38. The van der Waals surface area contributed by atoms with Crippen molar-refractivity contribution in [2.45, 2.75) is 24.6 Å². The zero-order valence-electron chi connectivity index (χ0n) is 10.1. The van der Waals surface area contributed by atoms with Crippen molar-refractivity contribution in [1.29, 1.82) is 0 Å². The van der Waals surface area contributed by atoms with Crippen LogP contribution in [-0.2, 0) is 4.74 Å². The Morgan fingerprint density at radius 2 is 0.947 bits per heavy atom. The second-order valence-corrected chi connectivity index (χ2v) is 5.05. The molecule has 2 atom stereocenters. The van der Waals surface area contributed by atoms with E-state index in [1.807, 2.05) is 48.5 Å². The average molecular weight is 258 g/mol. The van der Waals surface area contributed by atoms with Crippen molar-refractivity contribution in [3.63, 3.8) is 0 Å². The summed E-state index contributed by atoms with van der Waals surface area (Å²) < 4.78 is 33.5. The third-order valence-electron chi connectivity index (χ3n) is 4.12. The largest absolute Gasteiger partial charge is 0.312 e. The summed E-state index contributed by atoms with van der Waals surface area (Å²) in [5, 5.41) is 0. The van der Waals surface area contributed by atoms with E-state index < -0.39 is 24.6 Å². The first kappa shape index (κ1) is 11.1. The van der Waals surface area contributed by atoms with Crippen LogP contribution in [0.25, 0.3) is 0 Å². The van der Waals surface area contributed by atoms with E-state index >= 15 is 0 Å². The van der Waals surface area contributed by atoms with Gasteiger partial charge in [0.05, 0.1) is 11.8 Å². The normalized spacial score (nSPS) is 31.5. The average Bonchev–Trinajstić information content (AvgIpc) is 2.61. The molecule has 0 amide bonds. The van der Waals surface area contributed by atoms with E-state index in [2.05, 4.69) is 0 Å². The van der Waals surface area contributed by atoms with Crippen LogP contribution in [0.2, 0.25) is 0 Å². The van der Waals surface area contributed by atoms with Gasteiger partial charge in [-0.1, -0.05) is 48.5 Å². The van der Waals surface area contributed by atoms with Gasteiger partial charge in [-0.15, -0.1) is 0 Å². The lowest BCUT2D eigenvalue weighted by molar-refractivity contribution is -0.141. The van der Waals surface area contributed by atoms with Gasteiger partial charge in [0.1, 0.15) is 0 Å². The molecule has 2 aromatic carbocycles. The van der Waals surface area contributed by atoms with Crippen molar-refractivity contribution in [3.8, 4) is 0 Å². The van der Waals surface area contributed by atoms with Crippen LogP contribution in [0.1, 0.15) is 34.1 Å². The molecule has 96 valence electrons. The maximum Gasteiger partial charge on any atom is 0.212 e. The number of ether oxygens (including phenoxy) is 1. The Morgan fingerprint density at radius 3 is 1.26 bits per heavy atom. The summed E-state index contributed by atoms with van der Waals surface area (Å²) in [6, 6.07) is 14.9. The lowest BCUT2D eigenvalue weighted by Crippen LogP contribution is -2.20. The Bertz CT molecular complexity index is 539. The molecule has 3 heteroatoms. The number of alkyl halides is 2. The minimum atomic E-state index is -1.63. The van der Waals surface area contributed by atoms with Crippen molar-refractivity contribution < 1.29 is 13.5 Å². The molecule has 2 heterocycles.